The molecular formula is C15H15FN2O3S. The number of fused-ring (bicyclic) bond motifs is 1. The summed E-state index contributed by atoms with van der Waals surface area (Å²) in [7, 11) is 0. The number of rotatable bonds is 3. The molecule has 2 aromatic rings. The number of carbonyl (C=O) groups excluding carboxylic acids is 1. The molecule has 1 atom stereocenters. The molecule has 5 nitrogen and oxygen atoms in total. The van der Waals surface area contributed by atoms with Gasteiger partial charge in [0.15, 0.2) is 0 Å². The Balaban J connectivity index is 1.89. The Labute approximate surface area is 130 Å². The van der Waals surface area contributed by atoms with E-state index in [1.54, 1.807) is 28.8 Å². The molecule has 0 bridgehead atoms. The summed E-state index contributed by atoms with van der Waals surface area (Å²) >= 11 is 1.64. The highest BCUT2D eigenvalue weighted by molar-refractivity contribution is 7.99. The molecule has 3 rings (SSSR count). The SMILES string of the molecule is O=C(O)CC1CSCCN1C(=O)c1cc2c(F)cccc2[nH]1. The molecule has 0 radical (unpaired) electrons. The molecule has 2 heterocycles. The number of hydrogen-bond donors (Lipinski definition) is 2. The topological polar surface area (TPSA) is 73.4 Å². The van der Waals surface area contributed by atoms with Crippen LogP contribution in [0.2, 0.25) is 0 Å². The third-order valence-electron chi connectivity index (χ3n) is 3.74. The Kier molecular flexibility index (Phi) is 4.06. The summed E-state index contributed by atoms with van der Waals surface area (Å²) in [6.07, 6.45) is -0.0761. The number of nitrogens with one attached hydrogen (secondary N) is 1. The number of carboxylic acids is 1. The first-order valence-corrected chi connectivity index (χ1v) is 8.09. The number of nitrogens with zero attached hydrogens (tertiary/aromatic N) is 1. The maximum Gasteiger partial charge on any atom is 0.305 e. The number of benzene rings is 1. The van der Waals surface area contributed by atoms with Crippen LogP contribution in [-0.2, 0) is 4.79 Å². The Bertz CT molecular complexity index is 731. The van der Waals surface area contributed by atoms with E-state index in [4.69, 9.17) is 5.11 Å². The van der Waals surface area contributed by atoms with Crippen molar-refractivity contribution < 1.29 is 19.1 Å². The molecule has 116 valence electrons. The maximum absolute atomic E-state index is 13.7. The number of carboxylic acid groups (broad SMARTS) is 1. The molecule has 7 heteroatoms. The van der Waals surface area contributed by atoms with Crippen LogP contribution in [-0.4, -0.2) is 51.0 Å². The average Bonchev–Trinajstić information content (AvgIpc) is 2.92. The molecule has 1 unspecified atom stereocenters. The molecule has 1 aromatic carbocycles. The van der Waals surface area contributed by atoms with Crippen molar-refractivity contribution in [2.75, 3.05) is 18.1 Å². The van der Waals surface area contributed by atoms with Crippen molar-refractivity contribution in [3.05, 3.63) is 35.8 Å². The summed E-state index contributed by atoms with van der Waals surface area (Å²) in [6, 6.07) is 5.78. The lowest BCUT2D eigenvalue weighted by Gasteiger charge is -2.34. The van der Waals surface area contributed by atoms with Crippen LogP contribution in [0.25, 0.3) is 10.9 Å². The largest absolute Gasteiger partial charge is 0.481 e. The maximum atomic E-state index is 13.7. The van der Waals surface area contributed by atoms with Gasteiger partial charge in [-0.1, -0.05) is 6.07 Å². The van der Waals surface area contributed by atoms with Crippen LogP contribution in [0.15, 0.2) is 24.3 Å². The van der Waals surface area contributed by atoms with Gasteiger partial charge >= 0.3 is 5.97 Å². The van der Waals surface area contributed by atoms with E-state index < -0.39 is 5.97 Å². The second-order valence-electron chi connectivity index (χ2n) is 5.21. The highest BCUT2D eigenvalue weighted by Gasteiger charge is 2.30. The van der Waals surface area contributed by atoms with Crippen molar-refractivity contribution in [2.24, 2.45) is 0 Å². The first-order valence-electron chi connectivity index (χ1n) is 6.94. The molecule has 22 heavy (non-hydrogen) atoms. The highest BCUT2D eigenvalue weighted by Crippen LogP contribution is 2.24. The van der Waals surface area contributed by atoms with Crippen LogP contribution >= 0.6 is 11.8 Å². The van der Waals surface area contributed by atoms with Crippen LogP contribution in [0.3, 0.4) is 0 Å². The van der Waals surface area contributed by atoms with E-state index >= 15 is 0 Å². The summed E-state index contributed by atoms with van der Waals surface area (Å²) in [5.74, 6) is -0.206. The lowest BCUT2D eigenvalue weighted by molar-refractivity contribution is -0.138. The summed E-state index contributed by atoms with van der Waals surface area (Å²) in [4.78, 5) is 28.1. The van der Waals surface area contributed by atoms with Gasteiger partial charge in [0.1, 0.15) is 11.5 Å². The normalized spacial score (nSPS) is 18.6. The van der Waals surface area contributed by atoms with Gasteiger partial charge in [0.2, 0.25) is 0 Å². The van der Waals surface area contributed by atoms with Crippen molar-refractivity contribution in [1.82, 2.24) is 9.88 Å². The third-order valence-corrected chi connectivity index (χ3v) is 4.83. The first kappa shape index (κ1) is 14.9. The zero-order chi connectivity index (χ0) is 15.7. The van der Waals surface area contributed by atoms with Crippen molar-refractivity contribution in [2.45, 2.75) is 12.5 Å². The zero-order valence-electron chi connectivity index (χ0n) is 11.7. The minimum Gasteiger partial charge on any atom is -0.481 e. The molecule has 1 saturated heterocycles. The van der Waals surface area contributed by atoms with Gasteiger partial charge in [0.05, 0.1) is 12.5 Å². The van der Waals surface area contributed by atoms with Gasteiger partial charge in [0, 0.05) is 29.0 Å². The Morgan fingerprint density at radius 2 is 2.27 bits per heavy atom. The van der Waals surface area contributed by atoms with E-state index in [0.717, 1.165) is 5.75 Å². The summed E-state index contributed by atoms with van der Waals surface area (Å²) in [5, 5.41) is 9.35. The Morgan fingerprint density at radius 1 is 1.45 bits per heavy atom. The van der Waals surface area contributed by atoms with E-state index in [2.05, 4.69) is 4.98 Å². The summed E-state index contributed by atoms with van der Waals surface area (Å²) < 4.78 is 13.7. The average molecular weight is 322 g/mol. The smallest absolute Gasteiger partial charge is 0.305 e. The van der Waals surface area contributed by atoms with Crippen LogP contribution in [0.5, 0.6) is 0 Å². The van der Waals surface area contributed by atoms with E-state index in [9.17, 15) is 14.0 Å². The number of aromatic amines is 1. The molecule has 0 saturated carbocycles. The number of hydrogen-bond acceptors (Lipinski definition) is 3. The van der Waals surface area contributed by atoms with E-state index in [1.807, 2.05) is 0 Å². The van der Waals surface area contributed by atoms with Gasteiger partial charge in [-0.25, -0.2) is 4.39 Å². The second-order valence-corrected chi connectivity index (χ2v) is 6.36. The fourth-order valence-corrected chi connectivity index (χ4v) is 3.74. The predicted molar refractivity (Wildman–Crippen MR) is 82.7 cm³/mol. The minimum atomic E-state index is -0.923. The van der Waals surface area contributed by atoms with Crippen LogP contribution in [0, 0.1) is 5.82 Å². The predicted octanol–water partition coefficient (Wildman–Crippen LogP) is 2.34. The number of amides is 1. The van der Waals surface area contributed by atoms with Crippen LogP contribution in [0.1, 0.15) is 16.9 Å². The van der Waals surface area contributed by atoms with E-state index in [0.29, 0.717) is 28.9 Å². The summed E-state index contributed by atoms with van der Waals surface area (Å²) in [6.45, 7) is 0.499. The molecule has 2 N–H and O–H groups in total. The molecule has 1 aromatic heterocycles. The minimum absolute atomic E-state index is 0.0761. The number of aliphatic carboxylic acids is 1. The number of halogens is 1. The van der Waals surface area contributed by atoms with Gasteiger partial charge in [-0.05, 0) is 18.2 Å². The number of H-pyrrole nitrogens is 1. The molecular weight excluding hydrogens is 307 g/mol. The van der Waals surface area contributed by atoms with E-state index in [1.165, 1.54) is 12.1 Å². The van der Waals surface area contributed by atoms with Crippen molar-refractivity contribution in [3.63, 3.8) is 0 Å². The van der Waals surface area contributed by atoms with Gasteiger partial charge in [-0.2, -0.15) is 11.8 Å². The monoisotopic (exact) mass is 322 g/mol. The van der Waals surface area contributed by atoms with Crippen molar-refractivity contribution >= 4 is 34.5 Å². The fraction of sp³-hybridized carbons (Fsp3) is 0.333. The lowest BCUT2D eigenvalue weighted by atomic mass is 10.1. The molecule has 1 aliphatic rings. The van der Waals surface area contributed by atoms with Gasteiger partial charge in [-0.15, -0.1) is 0 Å². The van der Waals surface area contributed by atoms with Gasteiger partial charge in [-0.3, -0.25) is 9.59 Å². The van der Waals surface area contributed by atoms with Crippen molar-refractivity contribution in [1.29, 1.82) is 0 Å². The second kappa shape index (κ2) is 6.00. The van der Waals surface area contributed by atoms with Crippen LogP contribution < -0.4 is 0 Å². The van der Waals surface area contributed by atoms with E-state index in [-0.39, 0.29) is 24.2 Å². The Morgan fingerprint density at radius 3 is 3.00 bits per heavy atom. The lowest BCUT2D eigenvalue weighted by Crippen LogP contribution is -2.47. The number of thioether (sulfide) groups is 1. The quantitative estimate of drug-likeness (QED) is 0.910. The molecule has 1 aliphatic heterocycles. The molecule has 0 spiro atoms. The standard InChI is InChI=1S/C15H15FN2O3S/c16-11-2-1-3-12-10(11)7-13(17-12)15(21)18-4-5-22-8-9(18)6-14(19)20/h1-3,7,9,17H,4-6,8H2,(H,19,20). The molecule has 1 fully saturated rings. The van der Waals surface area contributed by atoms with Crippen molar-refractivity contribution in [3.8, 4) is 0 Å². The number of aromatic nitrogens is 1. The van der Waals surface area contributed by atoms with Gasteiger partial charge < -0.3 is 15.0 Å². The molecule has 1 amide bonds. The molecule has 0 aliphatic carbocycles. The highest BCUT2D eigenvalue weighted by atomic mass is 32.2. The number of carbonyl (C=O) groups is 2. The fourth-order valence-electron chi connectivity index (χ4n) is 2.68. The van der Waals surface area contributed by atoms with Gasteiger partial charge in [0.25, 0.3) is 5.91 Å². The Hall–Kier alpha value is -2.02. The van der Waals surface area contributed by atoms with Crippen LogP contribution in [0.4, 0.5) is 4.39 Å². The first-order chi connectivity index (χ1) is 10.6. The summed E-state index contributed by atoms with van der Waals surface area (Å²) in [5.41, 5.74) is 0.854. The third kappa shape index (κ3) is 2.81. The zero-order valence-corrected chi connectivity index (χ0v) is 12.5.